The van der Waals surface area contributed by atoms with E-state index in [1.807, 2.05) is 38.1 Å². The molecule has 29 heavy (non-hydrogen) atoms. The van der Waals surface area contributed by atoms with E-state index in [4.69, 9.17) is 4.74 Å². The maximum absolute atomic E-state index is 13.5. The minimum atomic E-state index is -0.989. The van der Waals surface area contributed by atoms with E-state index >= 15 is 0 Å². The first-order valence-electron chi connectivity index (χ1n) is 10.2. The van der Waals surface area contributed by atoms with Gasteiger partial charge in [0.05, 0.1) is 13.2 Å². The highest BCUT2D eigenvalue weighted by Gasteiger charge is 2.66. The molecular weight excluding hydrogens is 370 g/mol. The summed E-state index contributed by atoms with van der Waals surface area (Å²) in [6.07, 6.45) is 3.81. The van der Waals surface area contributed by atoms with Gasteiger partial charge in [0.2, 0.25) is 17.7 Å². The van der Waals surface area contributed by atoms with Crippen molar-refractivity contribution in [2.75, 3.05) is 19.0 Å². The van der Waals surface area contributed by atoms with Crippen LogP contribution in [-0.4, -0.2) is 59.3 Å². The van der Waals surface area contributed by atoms with Crippen LogP contribution in [0.3, 0.4) is 0 Å². The van der Waals surface area contributed by atoms with Gasteiger partial charge in [-0.15, -0.1) is 0 Å². The summed E-state index contributed by atoms with van der Waals surface area (Å²) in [7, 11) is 1.59. The Morgan fingerprint density at radius 1 is 1.21 bits per heavy atom. The van der Waals surface area contributed by atoms with E-state index in [-0.39, 0.29) is 17.7 Å². The summed E-state index contributed by atoms with van der Waals surface area (Å²) in [4.78, 5) is 43.6. The molecule has 4 aliphatic rings. The van der Waals surface area contributed by atoms with Crippen molar-refractivity contribution in [3.8, 4) is 5.75 Å². The number of benzene rings is 1. The van der Waals surface area contributed by atoms with E-state index in [2.05, 4.69) is 5.32 Å². The van der Waals surface area contributed by atoms with Gasteiger partial charge >= 0.3 is 0 Å². The first-order valence-corrected chi connectivity index (χ1v) is 10.2. The van der Waals surface area contributed by atoms with Gasteiger partial charge in [0, 0.05) is 12.2 Å². The fraction of sp³-hybridized carbons (Fsp3) is 0.500. The monoisotopic (exact) mass is 395 g/mol. The third kappa shape index (κ3) is 2.27. The quantitative estimate of drug-likeness (QED) is 0.775. The maximum atomic E-state index is 13.5. The number of anilines is 1. The first-order chi connectivity index (χ1) is 13.9. The number of amides is 3. The number of allylic oxidation sites excluding steroid dienone is 1. The van der Waals surface area contributed by atoms with Crippen LogP contribution in [0.15, 0.2) is 29.8 Å². The van der Waals surface area contributed by atoms with Crippen molar-refractivity contribution in [1.29, 1.82) is 0 Å². The molecule has 5 rings (SSSR count). The van der Waals surface area contributed by atoms with Gasteiger partial charge in [0.25, 0.3) is 0 Å². The van der Waals surface area contributed by atoms with Gasteiger partial charge in [-0.05, 0) is 56.9 Å². The Labute approximate surface area is 169 Å². The van der Waals surface area contributed by atoms with Crippen molar-refractivity contribution in [2.24, 2.45) is 0 Å². The van der Waals surface area contributed by atoms with Crippen molar-refractivity contribution < 1.29 is 19.1 Å². The molecule has 0 aromatic heterocycles. The normalized spacial score (nSPS) is 32.2. The Balaban J connectivity index is 1.71. The minimum Gasteiger partial charge on any atom is -0.497 e. The van der Waals surface area contributed by atoms with Crippen LogP contribution in [0.2, 0.25) is 0 Å². The van der Waals surface area contributed by atoms with Crippen LogP contribution in [0, 0.1) is 0 Å². The van der Waals surface area contributed by atoms with E-state index < -0.39 is 23.5 Å². The number of hydrogen-bond donors (Lipinski definition) is 1. The Bertz CT molecular complexity index is 967. The molecule has 0 saturated carbocycles. The van der Waals surface area contributed by atoms with Crippen LogP contribution in [0.5, 0.6) is 5.75 Å². The second-order valence-corrected chi connectivity index (χ2v) is 8.68. The van der Waals surface area contributed by atoms with Gasteiger partial charge in [-0.2, -0.15) is 0 Å². The molecule has 4 aliphatic heterocycles. The molecule has 1 spiro atoms. The van der Waals surface area contributed by atoms with E-state index in [1.54, 1.807) is 16.9 Å². The fourth-order valence-corrected chi connectivity index (χ4v) is 5.62. The molecule has 1 N–H and O–H groups in total. The molecule has 4 atom stereocenters. The van der Waals surface area contributed by atoms with Crippen molar-refractivity contribution >= 4 is 23.4 Å². The number of methoxy groups -OCH3 is 1. The van der Waals surface area contributed by atoms with Gasteiger partial charge < -0.3 is 19.9 Å². The average molecular weight is 395 g/mol. The van der Waals surface area contributed by atoms with Gasteiger partial charge in [-0.1, -0.05) is 11.6 Å². The maximum Gasteiger partial charge on any atom is 0.246 e. The van der Waals surface area contributed by atoms with Crippen LogP contribution < -0.4 is 10.1 Å². The predicted octanol–water partition coefficient (Wildman–Crippen LogP) is 1.83. The van der Waals surface area contributed by atoms with Gasteiger partial charge in [-0.25, -0.2) is 0 Å². The standard InChI is InChI=1S/C22H25N3O4/c1-12(2)9-18-22(14-10-13(29-3)6-7-15(14)23-21(22)28)11-17-19(26)24-8-4-5-16(24)20(27)25(17)18/h6-7,9-10,16-18H,4-5,8,11H2,1-3H3,(H,23,28)/t16-,17-,18+,22+/m1/s1. The zero-order valence-corrected chi connectivity index (χ0v) is 16.9. The molecule has 0 aliphatic carbocycles. The second-order valence-electron chi connectivity index (χ2n) is 8.68. The molecule has 3 fully saturated rings. The number of ether oxygens (including phenoxy) is 1. The number of piperazine rings is 1. The number of fused-ring (bicyclic) bond motifs is 4. The van der Waals surface area contributed by atoms with Gasteiger partial charge in [0.15, 0.2) is 0 Å². The second kappa shape index (κ2) is 6.08. The van der Waals surface area contributed by atoms with E-state index in [9.17, 15) is 14.4 Å². The minimum absolute atomic E-state index is 0.0275. The Hall–Kier alpha value is -2.83. The number of rotatable bonds is 2. The molecule has 3 amide bonds. The smallest absolute Gasteiger partial charge is 0.246 e. The highest BCUT2D eigenvalue weighted by molar-refractivity contribution is 6.10. The largest absolute Gasteiger partial charge is 0.497 e. The molecule has 0 radical (unpaired) electrons. The summed E-state index contributed by atoms with van der Waals surface area (Å²) in [6.45, 7) is 4.54. The van der Waals surface area contributed by atoms with Crippen molar-refractivity contribution in [3.63, 3.8) is 0 Å². The third-order valence-electron chi connectivity index (χ3n) is 6.87. The Morgan fingerprint density at radius 2 is 2.00 bits per heavy atom. The molecule has 4 heterocycles. The van der Waals surface area contributed by atoms with Crippen molar-refractivity contribution in [2.45, 2.75) is 56.7 Å². The first kappa shape index (κ1) is 18.2. The summed E-state index contributed by atoms with van der Waals surface area (Å²) in [5.41, 5.74) is 1.55. The van der Waals surface area contributed by atoms with Crippen LogP contribution in [0.25, 0.3) is 0 Å². The van der Waals surface area contributed by atoms with Crippen LogP contribution in [0.4, 0.5) is 5.69 Å². The number of nitrogens with one attached hydrogen (secondary N) is 1. The third-order valence-corrected chi connectivity index (χ3v) is 6.87. The number of carbonyl (C=O) groups excluding carboxylic acids is 3. The highest BCUT2D eigenvalue weighted by Crippen LogP contribution is 2.53. The van der Waals surface area contributed by atoms with Crippen molar-refractivity contribution in [1.82, 2.24) is 9.80 Å². The molecule has 7 nitrogen and oxygen atoms in total. The molecule has 1 aromatic carbocycles. The summed E-state index contributed by atoms with van der Waals surface area (Å²) in [5.74, 6) is 0.438. The Morgan fingerprint density at radius 3 is 2.72 bits per heavy atom. The van der Waals surface area contributed by atoms with Crippen LogP contribution >= 0.6 is 0 Å². The van der Waals surface area contributed by atoms with Gasteiger partial charge in [0.1, 0.15) is 23.2 Å². The number of hydrogen-bond acceptors (Lipinski definition) is 4. The number of nitrogens with zero attached hydrogens (tertiary/aromatic N) is 2. The fourth-order valence-electron chi connectivity index (χ4n) is 5.62. The molecular formula is C22H25N3O4. The summed E-state index contributed by atoms with van der Waals surface area (Å²) >= 11 is 0. The van der Waals surface area contributed by atoms with Gasteiger partial charge in [-0.3, -0.25) is 14.4 Å². The zero-order chi connectivity index (χ0) is 20.5. The average Bonchev–Trinajstić information content (AvgIpc) is 3.37. The SMILES string of the molecule is COc1ccc2c(c1)[C@]1(C[C@@H]3C(=O)N4CCC[C@@H]4C(=O)N3[C@H]1C=C(C)C)C(=O)N2. The lowest BCUT2D eigenvalue weighted by atomic mass is 9.73. The lowest BCUT2D eigenvalue weighted by molar-refractivity contribution is -0.158. The topological polar surface area (TPSA) is 79.0 Å². The number of carbonyl (C=O) groups is 3. The van der Waals surface area contributed by atoms with Crippen LogP contribution in [-0.2, 0) is 19.8 Å². The highest BCUT2D eigenvalue weighted by atomic mass is 16.5. The molecule has 1 aromatic rings. The lowest BCUT2D eigenvalue weighted by Crippen LogP contribution is -2.62. The van der Waals surface area contributed by atoms with E-state index in [0.29, 0.717) is 25.1 Å². The molecule has 0 bridgehead atoms. The molecule has 0 unspecified atom stereocenters. The zero-order valence-electron chi connectivity index (χ0n) is 16.9. The summed E-state index contributed by atoms with van der Waals surface area (Å²) in [5, 5.41) is 2.99. The van der Waals surface area contributed by atoms with E-state index in [0.717, 1.165) is 23.2 Å². The van der Waals surface area contributed by atoms with Crippen LogP contribution in [0.1, 0.15) is 38.7 Å². The molecule has 152 valence electrons. The lowest BCUT2D eigenvalue weighted by Gasteiger charge is -2.41. The van der Waals surface area contributed by atoms with E-state index in [1.165, 1.54) is 0 Å². The predicted molar refractivity (Wildman–Crippen MR) is 107 cm³/mol. The Kier molecular flexibility index (Phi) is 3.82. The van der Waals surface area contributed by atoms with Crippen molar-refractivity contribution in [3.05, 3.63) is 35.4 Å². The summed E-state index contributed by atoms with van der Waals surface area (Å²) < 4.78 is 5.41. The molecule has 3 saturated heterocycles. The summed E-state index contributed by atoms with van der Waals surface area (Å²) in [6, 6.07) is 4.01. The molecule has 7 heteroatoms.